The summed E-state index contributed by atoms with van der Waals surface area (Å²) < 4.78 is 0. The number of aromatic nitrogens is 2. The summed E-state index contributed by atoms with van der Waals surface area (Å²) in [6, 6.07) is 11.8. The molecule has 0 amide bonds. The average molecular weight is 282 g/mol. The smallest absolute Gasteiger partial charge is 0.140 e. The molecular formula is C15H18N6. The minimum atomic E-state index is 0.481. The summed E-state index contributed by atoms with van der Waals surface area (Å²) in [6.45, 7) is 2.08. The maximum absolute atomic E-state index is 8.80. The number of nitriles is 1. The van der Waals surface area contributed by atoms with Gasteiger partial charge in [0.2, 0.25) is 0 Å². The van der Waals surface area contributed by atoms with Crippen molar-refractivity contribution < 1.29 is 0 Å². The third kappa shape index (κ3) is 4.84. The molecule has 0 unspecified atom stereocenters. The molecule has 2 aromatic rings. The number of nitrogens with one attached hydrogen (secondary N) is 1. The van der Waals surface area contributed by atoms with Gasteiger partial charge in [0.1, 0.15) is 5.82 Å². The van der Waals surface area contributed by atoms with Crippen molar-refractivity contribution in [2.45, 2.75) is 19.5 Å². The summed E-state index contributed by atoms with van der Waals surface area (Å²) in [4.78, 5) is 10.7. The van der Waals surface area contributed by atoms with Gasteiger partial charge in [0, 0.05) is 38.4 Å². The predicted molar refractivity (Wildman–Crippen MR) is 80.6 cm³/mol. The van der Waals surface area contributed by atoms with Gasteiger partial charge in [0.05, 0.1) is 11.8 Å². The van der Waals surface area contributed by atoms with Crippen LogP contribution in [0, 0.1) is 11.3 Å². The van der Waals surface area contributed by atoms with Crippen molar-refractivity contribution in [1.29, 1.82) is 5.26 Å². The second-order valence-corrected chi connectivity index (χ2v) is 4.64. The first-order chi connectivity index (χ1) is 10.3. The highest BCUT2D eigenvalue weighted by molar-refractivity contribution is 5.33. The van der Waals surface area contributed by atoms with Gasteiger partial charge in [-0.3, -0.25) is 9.88 Å². The molecule has 0 aromatic carbocycles. The number of nitrogens with two attached hydrogens (primary N) is 1. The zero-order chi connectivity index (χ0) is 14.9. The number of rotatable bonds is 7. The first-order valence-corrected chi connectivity index (χ1v) is 6.72. The number of hydrogen-bond donors (Lipinski definition) is 2. The normalized spacial score (nSPS) is 10.3. The Hall–Kier alpha value is -2.49. The predicted octanol–water partition coefficient (Wildman–Crippen LogP) is 1.68. The van der Waals surface area contributed by atoms with Crippen LogP contribution in [-0.4, -0.2) is 21.4 Å². The van der Waals surface area contributed by atoms with Crippen LogP contribution in [0.2, 0.25) is 0 Å². The lowest BCUT2D eigenvalue weighted by Crippen LogP contribution is -2.24. The van der Waals surface area contributed by atoms with Gasteiger partial charge in [-0.15, -0.1) is 0 Å². The molecular weight excluding hydrogens is 264 g/mol. The van der Waals surface area contributed by atoms with Gasteiger partial charge in [-0.25, -0.2) is 10.8 Å². The molecule has 108 valence electrons. The van der Waals surface area contributed by atoms with Crippen LogP contribution in [0.3, 0.4) is 0 Å². The maximum atomic E-state index is 8.80. The van der Waals surface area contributed by atoms with E-state index in [2.05, 4.69) is 26.4 Å². The number of hydrazine groups is 1. The molecule has 2 rings (SSSR count). The quantitative estimate of drug-likeness (QED) is 0.593. The van der Waals surface area contributed by atoms with E-state index in [4.69, 9.17) is 11.1 Å². The fourth-order valence-corrected chi connectivity index (χ4v) is 2.05. The number of hydrogen-bond acceptors (Lipinski definition) is 6. The molecule has 0 saturated heterocycles. The summed E-state index contributed by atoms with van der Waals surface area (Å²) in [5.74, 6) is 6.01. The highest BCUT2D eigenvalue weighted by atomic mass is 15.3. The van der Waals surface area contributed by atoms with Gasteiger partial charge in [0.25, 0.3) is 0 Å². The second kappa shape index (κ2) is 7.94. The fraction of sp³-hybridized carbons (Fsp3) is 0.267. The van der Waals surface area contributed by atoms with Gasteiger partial charge in [-0.2, -0.15) is 5.26 Å². The molecule has 3 N–H and O–H groups in total. The molecule has 2 aromatic heterocycles. The fourth-order valence-electron chi connectivity index (χ4n) is 2.05. The molecule has 6 nitrogen and oxygen atoms in total. The van der Waals surface area contributed by atoms with Crippen molar-refractivity contribution >= 4 is 5.82 Å². The summed E-state index contributed by atoms with van der Waals surface area (Å²) >= 11 is 0. The van der Waals surface area contributed by atoms with Crippen LogP contribution >= 0.6 is 0 Å². The molecule has 0 radical (unpaired) electrons. The first kappa shape index (κ1) is 14.9. The Morgan fingerprint density at radius 2 is 2.14 bits per heavy atom. The number of pyridine rings is 2. The van der Waals surface area contributed by atoms with Crippen LogP contribution in [0.1, 0.15) is 17.7 Å². The van der Waals surface area contributed by atoms with E-state index in [1.807, 2.05) is 36.5 Å². The zero-order valence-corrected chi connectivity index (χ0v) is 11.7. The lowest BCUT2D eigenvalue weighted by atomic mass is 10.2. The monoisotopic (exact) mass is 282 g/mol. The van der Waals surface area contributed by atoms with E-state index in [1.165, 1.54) is 0 Å². The summed E-state index contributed by atoms with van der Waals surface area (Å²) in [5.41, 5.74) is 4.57. The highest BCUT2D eigenvalue weighted by Gasteiger charge is 2.08. The van der Waals surface area contributed by atoms with Crippen LogP contribution in [0.15, 0.2) is 42.7 Å². The van der Waals surface area contributed by atoms with Crippen molar-refractivity contribution in [2.24, 2.45) is 5.84 Å². The van der Waals surface area contributed by atoms with Gasteiger partial charge in [-0.05, 0) is 23.8 Å². The van der Waals surface area contributed by atoms with E-state index < -0.39 is 0 Å². The Balaban J connectivity index is 2.06. The molecule has 21 heavy (non-hydrogen) atoms. The van der Waals surface area contributed by atoms with E-state index in [0.29, 0.717) is 25.3 Å². The second-order valence-electron chi connectivity index (χ2n) is 4.64. The zero-order valence-electron chi connectivity index (χ0n) is 11.7. The molecule has 0 saturated carbocycles. The lowest BCUT2D eigenvalue weighted by Gasteiger charge is -2.21. The van der Waals surface area contributed by atoms with Gasteiger partial charge in [-0.1, -0.05) is 12.1 Å². The molecule has 2 heterocycles. The van der Waals surface area contributed by atoms with Gasteiger partial charge in [0.15, 0.2) is 0 Å². The van der Waals surface area contributed by atoms with E-state index in [1.54, 1.807) is 6.20 Å². The molecule has 6 heteroatoms. The number of nitrogens with zero attached hydrogens (tertiary/aromatic N) is 4. The van der Waals surface area contributed by atoms with Crippen LogP contribution in [0.25, 0.3) is 0 Å². The molecule has 0 aliphatic carbocycles. The van der Waals surface area contributed by atoms with Gasteiger partial charge >= 0.3 is 0 Å². The topological polar surface area (TPSA) is 90.9 Å². The minimum Gasteiger partial charge on any atom is -0.308 e. The maximum Gasteiger partial charge on any atom is 0.140 e. The molecule has 0 aliphatic rings. The summed E-state index contributed by atoms with van der Waals surface area (Å²) in [7, 11) is 0. The van der Waals surface area contributed by atoms with Crippen molar-refractivity contribution in [1.82, 2.24) is 14.9 Å². The third-order valence-electron chi connectivity index (χ3n) is 3.01. The Kier molecular flexibility index (Phi) is 5.64. The average Bonchev–Trinajstić information content (AvgIpc) is 2.54. The van der Waals surface area contributed by atoms with Crippen molar-refractivity contribution in [3.63, 3.8) is 0 Å². The number of nitrogen functional groups attached to an aromatic ring is 1. The van der Waals surface area contributed by atoms with Crippen LogP contribution in [0.5, 0.6) is 0 Å². The highest BCUT2D eigenvalue weighted by Crippen LogP contribution is 2.10. The summed E-state index contributed by atoms with van der Waals surface area (Å²) in [5, 5.41) is 8.80. The van der Waals surface area contributed by atoms with Crippen molar-refractivity contribution in [3.8, 4) is 6.07 Å². The lowest BCUT2D eigenvalue weighted by molar-refractivity contribution is 0.259. The Morgan fingerprint density at radius 3 is 2.86 bits per heavy atom. The summed E-state index contributed by atoms with van der Waals surface area (Å²) in [6.07, 6.45) is 4.07. The molecule has 0 bridgehead atoms. The van der Waals surface area contributed by atoms with Gasteiger partial charge < -0.3 is 5.43 Å². The molecule has 0 spiro atoms. The van der Waals surface area contributed by atoms with Crippen molar-refractivity contribution in [2.75, 3.05) is 12.0 Å². The molecule has 0 aliphatic heterocycles. The van der Waals surface area contributed by atoms with Crippen molar-refractivity contribution in [3.05, 3.63) is 54.0 Å². The van der Waals surface area contributed by atoms with E-state index >= 15 is 0 Å². The van der Waals surface area contributed by atoms with Crippen LogP contribution in [-0.2, 0) is 13.1 Å². The largest absolute Gasteiger partial charge is 0.308 e. The minimum absolute atomic E-state index is 0.481. The van der Waals surface area contributed by atoms with E-state index in [-0.39, 0.29) is 0 Å². The van der Waals surface area contributed by atoms with Crippen LogP contribution in [0.4, 0.5) is 5.82 Å². The van der Waals surface area contributed by atoms with Crippen LogP contribution < -0.4 is 11.3 Å². The third-order valence-corrected chi connectivity index (χ3v) is 3.01. The number of anilines is 1. The van der Waals surface area contributed by atoms with E-state index in [0.717, 1.165) is 17.8 Å². The standard InChI is InChI=1S/C15H18N6/c16-7-3-9-21(11-13-4-2-8-18-10-13)12-14-5-1-6-15(19-14)20-17/h1-2,4-6,8,10H,3,9,11-12,17H2,(H,19,20). The Labute approximate surface area is 124 Å². The Morgan fingerprint density at radius 1 is 1.24 bits per heavy atom. The Bertz CT molecular complexity index is 593. The molecule has 0 fully saturated rings. The first-order valence-electron chi connectivity index (χ1n) is 6.72. The SMILES string of the molecule is N#CCCN(Cc1cccnc1)Cc1cccc(NN)n1. The molecule has 0 atom stereocenters. The van der Waals surface area contributed by atoms with E-state index in [9.17, 15) is 0 Å².